The molecule has 0 spiro atoms. The predicted molar refractivity (Wildman–Crippen MR) is 106 cm³/mol. The summed E-state index contributed by atoms with van der Waals surface area (Å²) in [4.78, 5) is 30.5. The lowest BCUT2D eigenvalue weighted by Crippen LogP contribution is -2.40. The lowest BCUT2D eigenvalue weighted by Gasteiger charge is -2.30. The fourth-order valence-electron chi connectivity index (χ4n) is 3.51. The Morgan fingerprint density at radius 2 is 1.93 bits per heavy atom. The molecule has 0 saturated carbocycles. The summed E-state index contributed by atoms with van der Waals surface area (Å²) in [5, 5.41) is 0. The minimum absolute atomic E-state index is 0.0712. The van der Waals surface area contributed by atoms with Crippen molar-refractivity contribution in [1.29, 1.82) is 0 Å². The predicted octanol–water partition coefficient (Wildman–Crippen LogP) is 3.40. The number of piperidine rings is 1. The highest BCUT2D eigenvalue weighted by Gasteiger charge is 2.27. The van der Waals surface area contributed by atoms with Gasteiger partial charge in [-0.25, -0.2) is 9.78 Å². The average Bonchev–Trinajstić information content (AvgIpc) is 3.21. The average molecular weight is 394 g/mol. The van der Waals surface area contributed by atoms with Gasteiger partial charge in [0.15, 0.2) is 18.1 Å². The molecule has 150 valence electrons. The van der Waals surface area contributed by atoms with Gasteiger partial charge in [-0.15, -0.1) is 0 Å². The number of likely N-dealkylation sites (tertiary alicyclic amines) is 1. The highest BCUT2D eigenvalue weighted by atomic mass is 16.5. The number of fused-ring (bicyclic) bond motifs is 1. The van der Waals surface area contributed by atoms with Crippen molar-refractivity contribution in [2.75, 3.05) is 26.8 Å². The Hall–Kier alpha value is -3.35. The maximum atomic E-state index is 12.5. The van der Waals surface area contributed by atoms with E-state index in [-0.39, 0.29) is 18.4 Å². The molecule has 3 aromatic rings. The van der Waals surface area contributed by atoms with Crippen molar-refractivity contribution < 1.29 is 23.5 Å². The minimum atomic E-state index is -0.442. The van der Waals surface area contributed by atoms with Crippen LogP contribution in [-0.4, -0.2) is 48.6 Å². The normalized spacial score (nSPS) is 14.7. The number of aromatic nitrogens is 1. The molecular formula is C22H22N2O5. The van der Waals surface area contributed by atoms with E-state index in [2.05, 4.69) is 4.98 Å². The third kappa shape index (κ3) is 4.23. The molecule has 2 aromatic carbocycles. The van der Waals surface area contributed by atoms with Gasteiger partial charge in [0.05, 0.1) is 12.7 Å². The van der Waals surface area contributed by atoms with Crippen LogP contribution in [-0.2, 0) is 9.53 Å². The van der Waals surface area contributed by atoms with Crippen LogP contribution in [0.3, 0.4) is 0 Å². The number of nitrogens with zero attached hydrogens (tertiary/aromatic N) is 2. The Balaban J connectivity index is 1.30. The monoisotopic (exact) mass is 394 g/mol. The summed E-state index contributed by atoms with van der Waals surface area (Å²) < 4.78 is 16.1. The summed E-state index contributed by atoms with van der Waals surface area (Å²) in [6.45, 7) is 1.19. The van der Waals surface area contributed by atoms with Crippen LogP contribution in [0, 0.1) is 0 Å². The molecule has 1 fully saturated rings. The number of carbonyl (C=O) groups excluding carboxylic acids is 2. The van der Waals surface area contributed by atoms with Crippen LogP contribution in [0.15, 0.2) is 52.9 Å². The van der Waals surface area contributed by atoms with Gasteiger partial charge in [-0.05, 0) is 43.2 Å². The van der Waals surface area contributed by atoms with Gasteiger partial charge in [0, 0.05) is 19.0 Å². The second kappa shape index (κ2) is 8.34. The van der Waals surface area contributed by atoms with Crippen molar-refractivity contribution in [2.24, 2.45) is 0 Å². The number of carbonyl (C=O) groups is 2. The molecule has 0 radical (unpaired) electrons. The molecule has 0 atom stereocenters. The van der Waals surface area contributed by atoms with Gasteiger partial charge in [-0.1, -0.05) is 18.2 Å². The van der Waals surface area contributed by atoms with E-state index in [1.54, 1.807) is 29.2 Å². The van der Waals surface area contributed by atoms with Crippen LogP contribution in [0.25, 0.3) is 11.1 Å². The van der Waals surface area contributed by atoms with Gasteiger partial charge in [-0.2, -0.15) is 0 Å². The van der Waals surface area contributed by atoms with Crippen LogP contribution >= 0.6 is 0 Å². The van der Waals surface area contributed by atoms with Crippen molar-refractivity contribution in [3.63, 3.8) is 0 Å². The smallest absolute Gasteiger partial charge is 0.337 e. The Morgan fingerprint density at radius 1 is 1.14 bits per heavy atom. The highest BCUT2D eigenvalue weighted by Crippen LogP contribution is 2.30. The number of amides is 1. The van der Waals surface area contributed by atoms with E-state index in [1.165, 1.54) is 7.11 Å². The van der Waals surface area contributed by atoms with E-state index in [4.69, 9.17) is 13.9 Å². The quantitative estimate of drug-likeness (QED) is 0.617. The summed E-state index contributed by atoms with van der Waals surface area (Å²) in [6.07, 6.45) is 1.60. The maximum absolute atomic E-state index is 12.5. The molecule has 0 unspecified atom stereocenters. The van der Waals surface area contributed by atoms with Crippen LogP contribution in [0.5, 0.6) is 5.75 Å². The number of benzene rings is 2. The first-order chi connectivity index (χ1) is 14.1. The second-order valence-electron chi connectivity index (χ2n) is 6.98. The van der Waals surface area contributed by atoms with Gasteiger partial charge >= 0.3 is 5.97 Å². The molecule has 0 aliphatic carbocycles. The third-order valence-electron chi connectivity index (χ3n) is 5.12. The van der Waals surface area contributed by atoms with Crippen molar-refractivity contribution in [3.8, 4) is 5.75 Å². The lowest BCUT2D eigenvalue weighted by molar-refractivity contribution is -0.134. The number of oxazole rings is 1. The van der Waals surface area contributed by atoms with E-state index >= 15 is 0 Å². The zero-order chi connectivity index (χ0) is 20.2. The zero-order valence-corrected chi connectivity index (χ0v) is 16.2. The first-order valence-electron chi connectivity index (χ1n) is 9.58. The zero-order valence-electron chi connectivity index (χ0n) is 16.2. The summed E-state index contributed by atoms with van der Waals surface area (Å²) in [6, 6.07) is 14.3. The largest absolute Gasteiger partial charge is 0.484 e. The highest BCUT2D eigenvalue weighted by molar-refractivity contribution is 5.89. The molecule has 7 heteroatoms. The number of methoxy groups -OCH3 is 1. The van der Waals surface area contributed by atoms with E-state index in [9.17, 15) is 9.59 Å². The van der Waals surface area contributed by atoms with Crippen molar-refractivity contribution in [3.05, 3.63) is 60.0 Å². The van der Waals surface area contributed by atoms with E-state index in [0.717, 1.165) is 29.8 Å². The van der Waals surface area contributed by atoms with Gasteiger partial charge in [0.1, 0.15) is 11.3 Å². The van der Waals surface area contributed by atoms with E-state index < -0.39 is 5.97 Å². The van der Waals surface area contributed by atoms with Gasteiger partial charge < -0.3 is 18.8 Å². The summed E-state index contributed by atoms with van der Waals surface area (Å²) in [7, 11) is 1.32. The molecule has 0 N–H and O–H groups in total. The topological polar surface area (TPSA) is 81.9 Å². The summed E-state index contributed by atoms with van der Waals surface area (Å²) in [5.41, 5.74) is 2.05. The van der Waals surface area contributed by atoms with Gasteiger partial charge in [-0.3, -0.25) is 4.79 Å². The molecule has 0 bridgehead atoms. The van der Waals surface area contributed by atoms with Crippen LogP contribution in [0.1, 0.15) is 35.0 Å². The summed E-state index contributed by atoms with van der Waals surface area (Å²) >= 11 is 0. The molecule has 29 heavy (non-hydrogen) atoms. The van der Waals surface area contributed by atoms with E-state index in [0.29, 0.717) is 24.4 Å². The fourth-order valence-corrected chi connectivity index (χ4v) is 3.51. The number of esters is 1. The van der Waals surface area contributed by atoms with Crippen molar-refractivity contribution >= 4 is 23.0 Å². The van der Waals surface area contributed by atoms with Gasteiger partial charge in [0.2, 0.25) is 0 Å². The molecule has 1 aliphatic heterocycles. The van der Waals surface area contributed by atoms with Crippen molar-refractivity contribution in [2.45, 2.75) is 18.8 Å². The van der Waals surface area contributed by atoms with Crippen LogP contribution < -0.4 is 4.74 Å². The van der Waals surface area contributed by atoms with E-state index in [1.807, 2.05) is 24.3 Å². The molecule has 1 saturated heterocycles. The molecule has 2 heterocycles. The number of para-hydroxylation sites is 2. The number of rotatable bonds is 5. The summed E-state index contributed by atoms with van der Waals surface area (Å²) in [5.74, 6) is 0.897. The molecule has 4 rings (SSSR count). The first kappa shape index (κ1) is 19.0. The van der Waals surface area contributed by atoms with Gasteiger partial charge in [0.25, 0.3) is 5.91 Å². The minimum Gasteiger partial charge on any atom is -0.484 e. The number of hydrogen-bond donors (Lipinski definition) is 0. The molecular weight excluding hydrogens is 372 g/mol. The Morgan fingerprint density at radius 3 is 2.69 bits per heavy atom. The van der Waals surface area contributed by atoms with Crippen LogP contribution in [0.4, 0.5) is 0 Å². The fraction of sp³-hybridized carbons (Fsp3) is 0.318. The molecule has 1 aromatic heterocycles. The second-order valence-corrected chi connectivity index (χ2v) is 6.98. The lowest BCUT2D eigenvalue weighted by atomic mass is 9.97. The van der Waals surface area contributed by atoms with Crippen molar-refractivity contribution in [1.82, 2.24) is 9.88 Å². The Labute approximate surface area is 168 Å². The standard InChI is InChI=1S/C22H22N2O5/c1-27-22(26)16-5-4-6-17(13-16)28-14-20(25)24-11-9-15(10-12-24)21-23-18-7-2-3-8-19(18)29-21/h2-8,13,15H,9-12,14H2,1H3. The van der Waals surface area contributed by atoms with Crippen LogP contribution in [0.2, 0.25) is 0 Å². The molecule has 1 aliphatic rings. The SMILES string of the molecule is COC(=O)c1cccc(OCC(=O)N2CCC(c3nc4ccccc4o3)CC2)c1. The number of hydrogen-bond acceptors (Lipinski definition) is 6. The first-order valence-corrected chi connectivity index (χ1v) is 9.58. The molecule has 1 amide bonds. The Kier molecular flexibility index (Phi) is 5.46. The Bertz CT molecular complexity index is 988. The molecule has 7 nitrogen and oxygen atoms in total. The third-order valence-corrected chi connectivity index (χ3v) is 5.12. The maximum Gasteiger partial charge on any atom is 0.337 e. The number of ether oxygens (including phenoxy) is 2.